The number of nitrogens with zero attached hydrogens (tertiary/aromatic N) is 7. The van der Waals surface area contributed by atoms with Gasteiger partial charge in [-0.25, -0.2) is 4.98 Å². The number of hydrogen-bond donors (Lipinski definition) is 0. The number of imidazole rings is 1. The van der Waals surface area contributed by atoms with Crippen molar-refractivity contribution < 1.29 is 44.1 Å². The molecule has 3 aliphatic heterocycles. The summed E-state index contributed by atoms with van der Waals surface area (Å²) in [6, 6.07) is 76.8. The molecule has 0 saturated heterocycles. The summed E-state index contributed by atoms with van der Waals surface area (Å²) in [7, 11) is 0. The van der Waals surface area contributed by atoms with Crippen LogP contribution in [0.4, 0.5) is 51.2 Å². The Morgan fingerprint density at radius 2 is 0.966 bits per heavy atom. The van der Waals surface area contributed by atoms with Gasteiger partial charge in [-0.1, -0.05) is 175 Å². The fourth-order valence-corrected chi connectivity index (χ4v) is 13.5. The molecule has 0 spiro atoms. The molecule has 12 aromatic carbocycles. The molecule has 3 aliphatic rings. The monoisotopic (exact) mass is 1310 g/mol. The first kappa shape index (κ1) is 41.9. The van der Waals surface area contributed by atoms with Crippen LogP contribution in [0.1, 0.15) is 13.7 Å². The van der Waals surface area contributed by atoms with E-state index in [1.807, 2.05) is 66.9 Å². The van der Waals surface area contributed by atoms with Gasteiger partial charge in [0.1, 0.15) is 5.65 Å². The molecule has 0 fully saturated rings. The molecule has 8 nitrogen and oxygen atoms in total. The van der Waals surface area contributed by atoms with Crippen molar-refractivity contribution in [3.05, 3.63) is 310 Å². The van der Waals surface area contributed by atoms with Crippen LogP contribution in [0.2, 0.25) is 0 Å². The quantitative estimate of drug-likeness (QED) is 0.0776. The Morgan fingerprint density at radius 3 is 1.58 bits per heavy atom. The molecule has 88 heavy (non-hydrogen) atoms. The van der Waals surface area contributed by atoms with E-state index in [1.165, 1.54) is 16.4 Å². The van der Waals surface area contributed by atoms with Crippen molar-refractivity contribution in [1.82, 2.24) is 14.1 Å². The molecule has 0 saturated carbocycles. The van der Waals surface area contributed by atoms with Gasteiger partial charge >= 0.3 is 0 Å². The Hall–Kier alpha value is -11.0. The van der Waals surface area contributed by atoms with Crippen LogP contribution in [-0.4, -0.2) is 20.8 Å². The molecule has 0 radical (unpaired) electrons. The molecule has 0 atom stereocenters. The molecular formula is C78H48BN7OPt-2. The molecule has 18 rings (SSSR count). The largest absolute Gasteiger partial charge is 0.510 e. The average Bonchev–Trinajstić information content (AvgIpc) is 0.879. The van der Waals surface area contributed by atoms with Crippen molar-refractivity contribution in [3.8, 4) is 50.8 Å². The van der Waals surface area contributed by atoms with E-state index < -0.39 is 60.4 Å². The average molecular weight is 1320 g/mol. The number of aromatic nitrogens is 4. The van der Waals surface area contributed by atoms with E-state index in [0.717, 1.165) is 73.1 Å². The Labute approximate surface area is 537 Å². The Morgan fingerprint density at radius 1 is 0.455 bits per heavy atom. The van der Waals surface area contributed by atoms with Gasteiger partial charge in [0.15, 0.2) is 0 Å². The summed E-state index contributed by atoms with van der Waals surface area (Å²) < 4.78 is 101. The number of ether oxygens (including phenoxy) is 1. The van der Waals surface area contributed by atoms with Gasteiger partial charge in [0.05, 0.1) is 41.6 Å². The maximum Gasteiger partial charge on any atom is 0.268 e. The number of hydrogen-bond acceptors (Lipinski definition) is 5. The number of fused-ring (bicyclic) bond motifs is 5. The Bertz CT molecular complexity index is 5720. The van der Waals surface area contributed by atoms with Crippen molar-refractivity contribution in [3.63, 3.8) is 0 Å². The second-order valence-corrected chi connectivity index (χ2v) is 21.5. The van der Waals surface area contributed by atoms with Crippen LogP contribution in [0, 0.1) is 18.5 Å². The third kappa shape index (κ3) is 7.83. The third-order valence-corrected chi connectivity index (χ3v) is 16.8. The van der Waals surface area contributed by atoms with E-state index in [1.54, 1.807) is 33.4 Å². The summed E-state index contributed by atoms with van der Waals surface area (Å²) in [6.07, 6.45) is 5.29. The van der Waals surface area contributed by atoms with Gasteiger partial charge in [-0.05, 0) is 123 Å². The standard InChI is InChI=1S/C78H48BN7O.Pt/c1-6-24-52(25-7-1)61-38-20-39-62(53-26-8-2-9-27-53)76(61)82-51-81(64-41-16-17-42-65(64)82)57-34-18-36-59(48-57)87-60-37-19-35-58(49-60)86-70-50-71-75-77(72(70)63-40-23-47-80-78(63)86)85(56-32-14-5-15-33-56)69-46-22-44-67-74(69)79(75)73-66(83(67)54-28-10-3-11-29-54)43-21-45-68(73)84(71)55-30-12-4-13-31-55;/h1-47,50H;/q-2;/i1D,2D,6D,7D,8D,9D,24D,25D,26D,27D;. The predicted molar refractivity (Wildman–Crippen MR) is 353 cm³/mol. The van der Waals surface area contributed by atoms with Gasteiger partial charge in [0, 0.05) is 95.0 Å². The fourth-order valence-electron chi connectivity index (χ4n) is 13.5. The summed E-state index contributed by atoms with van der Waals surface area (Å²) in [6.45, 7) is -0.161. The maximum atomic E-state index is 9.16. The molecular weight excluding hydrogens is 1260 g/mol. The van der Waals surface area contributed by atoms with Crippen LogP contribution in [-0.2, 0) is 21.1 Å². The van der Waals surface area contributed by atoms with Crippen molar-refractivity contribution in [1.29, 1.82) is 0 Å². The zero-order valence-corrected chi connectivity index (χ0v) is 48.6. The number of anilines is 9. The van der Waals surface area contributed by atoms with Gasteiger partial charge in [-0.2, -0.15) is 18.2 Å². The zero-order chi connectivity index (χ0) is 65.8. The smallest absolute Gasteiger partial charge is 0.268 e. The minimum absolute atomic E-state index is 0. The normalized spacial score (nSPS) is 14.2. The second-order valence-electron chi connectivity index (χ2n) is 21.5. The topological polar surface area (TPSA) is 45.6 Å². The van der Waals surface area contributed by atoms with E-state index in [9.17, 15) is 0 Å². The summed E-state index contributed by atoms with van der Waals surface area (Å²) in [5.74, 6) is 0.710. The van der Waals surface area contributed by atoms with Gasteiger partial charge in [0.25, 0.3) is 13.0 Å². The fraction of sp³-hybridized carbons (Fsp3) is 0. The van der Waals surface area contributed by atoms with Crippen molar-refractivity contribution in [2.45, 2.75) is 0 Å². The van der Waals surface area contributed by atoms with E-state index in [4.69, 9.17) is 23.4 Å². The Balaban J connectivity index is 0.00000722. The summed E-state index contributed by atoms with van der Waals surface area (Å²) >= 11 is 0. The van der Waals surface area contributed by atoms with Gasteiger partial charge < -0.3 is 28.6 Å². The van der Waals surface area contributed by atoms with Crippen LogP contribution in [0.3, 0.4) is 0 Å². The van der Waals surface area contributed by atoms with Gasteiger partial charge in [0.2, 0.25) is 0 Å². The molecule has 3 aromatic heterocycles. The minimum Gasteiger partial charge on any atom is -0.510 e. The number of benzene rings is 12. The van der Waals surface area contributed by atoms with E-state index >= 15 is 0 Å². The molecule has 0 N–H and O–H groups in total. The first-order valence-electron chi connectivity index (χ1n) is 33.6. The molecule has 0 bridgehead atoms. The van der Waals surface area contributed by atoms with Crippen LogP contribution < -0.4 is 40.4 Å². The van der Waals surface area contributed by atoms with Crippen molar-refractivity contribution in [2.24, 2.45) is 0 Å². The van der Waals surface area contributed by atoms with Crippen molar-refractivity contribution in [2.75, 3.05) is 14.7 Å². The first-order chi connectivity index (χ1) is 47.4. The van der Waals surface area contributed by atoms with Crippen LogP contribution in [0.15, 0.2) is 291 Å². The molecule has 0 amide bonds. The number of para-hydroxylation sites is 6. The molecule has 10 heteroatoms. The third-order valence-electron chi connectivity index (χ3n) is 16.8. The van der Waals surface area contributed by atoms with Gasteiger partial charge in [-0.15, -0.1) is 30.3 Å². The van der Waals surface area contributed by atoms with Crippen LogP contribution in [0.5, 0.6) is 11.5 Å². The van der Waals surface area contributed by atoms with Gasteiger partial charge in [-0.3, -0.25) is 4.57 Å². The summed E-state index contributed by atoms with van der Waals surface area (Å²) in [4.78, 5) is 12.5. The SMILES string of the molecule is [2H]c1c([2H])c([2H])c(-c2cccc(-c3c([2H])c([2H])c([2H])c([2H])c3[2H])c2-[n+]2[c-]n(-c3[c-]c(Oc4[c-]c(-n5c6cc7c8c(c6c6cccnc65)N(c5ccccc5)c5cccc6c5B8c5c(cccc5N7c5ccccc5)N6c5ccccc5)ccc4)ccc3)c3ccccc32)c([2H])c1[2H].[Pt]. The zero-order valence-electron chi connectivity index (χ0n) is 56.4. The number of pyridine rings is 1. The molecule has 0 aliphatic carbocycles. The predicted octanol–water partition coefficient (Wildman–Crippen LogP) is 16.8. The first-order valence-corrected chi connectivity index (χ1v) is 28.6. The van der Waals surface area contributed by atoms with E-state index in [2.05, 4.69) is 177 Å². The molecule has 0 unspecified atom stereocenters. The second kappa shape index (κ2) is 20.6. The van der Waals surface area contributed by atoms with E-state index in [-0.39, 0.29) is 55.7 Å². The molecule has 416 valence electrons. The van der Waals surface area contributed by atoms with E-state index in [0.29, 0.717) is 33.9 Å². The van der Waals surface area contributed by atoms with Crippen LogP contribution >= 0.6 is 0 Å². The Kier molecular flexibility index (Phi) is 9.83. The number of rotatable bonds is 10. The summed E-state index contributed by atoms with van der Waals surface area (Å²) in [5.41, 5.74) is 17.2. The van der Waals surface area contributed by atoms with Crippen molar-refractivity contribution >= 4 is 107 Å². The maximum absolute atomic E-state index is 9.16. The molecule has 15 aromatic rings. The molecule has 6 heterocycles. The summed E-state index contributed by atoms with van der Waals surface area (Å²) in [5, 5.41) is 1.97. The van der Waals surface area contributed by atoms with Crippen LogP contribution in [0.25, 0.3) is 72.3 Å². The minimum atomic E-state index is -0.581.